The van der Waals surface area contributed by atoms with E-state index in [2.05, 4.69) is 11.9 Å². The highest BCUT2D eigenvalue weighted by Gasteiger charge is 2.22. The summed E-state index contributed by atoms with van der Waals surface area (Å²) in [6, 6.07) is 1.45. The average Bonchev–Trinajstić information content (AvgIpc) is 2.85. The monoisotopic (exact) mass is 584 g/mol. The molecule has 1 heterocycles. The van der Waals surface area contributed by atoms with E-state index in [0.29, 0.717) is 5.75 Å². The van der Waals surface area contributed by atoms with Crippen molar-refractivity contribution in [1.29, 1.82) is 0 Å². The van der Waals surface area contributed by atoms with E-state index in [4.69, 9.17) is 15.0 Å². The van der Waals surface area contributed by atoms with Crippen LogP contribution in [0.4, 0.5) is 5.82 Å². The van der Waals surface area contributed by atoms with Crippen LogP contribution in [0.2, 0.25) is 0 Å². The number of unbranched alkanes of at least 4 members (excludes halogenated alkanes) is 11. The SMILES string of the molecule is CCCCCCCCCCCCCCSSCCOP(=O)(O)CO[C@H](CO)Cn1ccc(N)nc1=O.N. The molecule has 0 saturated carbocycles. The molecule has 0 aliphatic rings. The van der Waals surface area contributed by atoms with Gasteiger partial charge in [-0.25, -0.2) is 4.79 Å². The van der Waals surface area contributed by atoms with Gasteiger partial charge in [-0.1, -0.05) is 99.1 Å². The molecule has 0 aliphatic carbocycles. The largest absolute Gasteiger partial charge is 0.394 e. The molecule has 0 bridgehead atoms. The van der Waals surface area contributed by atoms with Crippen molar-refractivity contribution >= 4 is 35.0 Å². The van der Waals surface area contributed by atoms with Gasteiger partial charge in [0.2, 0.25) is 0 Å². The van der Waals surface area contributed by atoms with Gasteiger partial charge < -0.3 is 31.1 Å². The molecular weight excluding hydrogens is 535 g/mol. The third-order valence-corrected chi connectivity index (χ3v) is 9.11. The second-order valence-corrected chi connectivity index (χ2v) is 13.4. The minimum atomic E-state index is -3.95. The topological polar surface area (TPSA) is 172 Å². The lowest BCUT2D eigenvalue weighted by Crippen LogP contribution is -2.32. The van der Waals surface area contributed by atoms with Crippen LogP contribution in [-0.2, 0) is 20.4 Å². The van der Waals surface area contributed by atoms with Gasteiger partial charge >= 0.3 is 13.3 Å². The van der Waals surface area contributed by atoms with Crippen molar-refractivity contribution < 1.29 is 23.8 Å². The maximum absolute atomic E-state index is 12.2. The van der Waals surface area contributed by atoms with E-state index in [1.54, 1.807) is 21.6 Å². The molecule has 37 heavy (non-hydrogen) atoms. The summed E-state index contributed by atoms with van der Waals surface area (Å²) in [6.45, 7) is 1.95. The Morgan fingerprint density at radius 1 is 1.03 bits per heavy atom. The fourth-order valence-corrected chi connectivity index (χ4v) is 6.48. The van der Waals surface area contributed by atoms with E-state index in [9.17, 15) is 19.4 Å². The number of nitrogen functional groups attached to an aromatic ring is 1. The quantitative estimate of drug-likeness (QED) is 0.0676. The molecule has 0 saturated heterocycles. The lowest BCUT2D eigenvalue weighted by atomic mass is 10.1. The zero-order chi connectivity index (χ0) is 26.5. The van der Waals surface area contributed by atoms with Crippen LogP contribution in [0.1, 0.15) is 84.0 Å². The molecule has 0 spiro atoms. The molecule has 2 atom stereocenters. The summed E-state index contributed by atoms with van der Waals surface area (Å²) in [6.07, 6.45) is 16.1. The molecule has 218 valence electrons. The molecule has 1 aromatic heterocycles. The second kappa shape index (κ2) is 23.3. The number of hydrogen-bond donors (Lipinski definition) is 4. The molecule has 0 amide bonds. The minimum Gasteiger partial charge on any atom is -0.394 e. The zero-order valence-electron chi connectivity index (χ0n) is 22.4. The fourth-order valence-electron chi connectivity index (χ4n) is 3.53. The summed E-state index contributed by atoms with van der Waals surface area (Å²) in [5.74, 6) is 1.76. The molecule has 0 aromatic carbocycles. The van der Waals surface area contributed by atoms with Crippen molar-refractivity contribution in [1.82, 2.24) is 15.7 Å². The molecular formula is C24H49N4O6PS2. The first-order valence-electron chi connectivity index (χ1n) is 13.1. The van der Waals surface area contributed by atoms with Crippen LogP contribution in [0, 0.1) is 0 Å². The highest BCUT2D eigenvalue weighted by Crippen LogP contribution is 2.42. The summed E-state index contributed by atoms with van der Waals surface area (Å²) in [4.78, 5) is 25.3. The van der Waals surface area contributed by atoms with Crippen LogP contribution in [0.25, 0.3) is 0 Å². The normalized spacial score (nSPS) is 13.7. The Labute approximate surface area is 230 Å². The predicted octanol–water partition coefficient (Wildman–Crippen LogP) is 5.61. The van der Waals surface area contributed by atoms with Crippen molar-refractivity contribution in [2.45, 2.75) is 96.6 Å². The highest BCUT2D eigenvalue weighted by molar-refractivity contribution is 8.76. The number of aromatic nitrogens is 2. The van der Waals surface area contributed by atoms with Gasteiger partial charge in [-0.2, -0.15) is 4.98 Å². The molecule has 1 aromatic rings. The van der Waals surface area contributed by atoms with Gasteiger partial charge in [0.05, 0.1) is 25.9 Å². The molecule has 10 nitrogen and oxygen atoms in total. The molecule has 7 N–H and O–H groups in total. The van der Waals surface area contributed by atoms with E-state index in [1.165, 1.54) is 93.9 Å². The zero-order valence-corrected chi connectivity index (χ0v) is 25.0. The van der Waals surface area contributed by atoms with Crippen LogP contribution in [-0.4, -0.2) is 56.7 Å². The predicted molar refractivity (Wildman–Crippen MR) is 157 cm³/mol. The summed E-state index contributed by atoms with van der Waals surface area (Å²) in [7, 11) is -0.555. The standard InChI is InChI=1S/C24H46N3O6PS2.H3N/c1-2-3-4-5-6-7-8-9-10-11-12-13-17-35-36-18-16-33-34(30,31)21-32-22(20-28)19-27-15-14-23(25)26-24(27)29;/h14-15,22,28H,2-13,16-21H2,1H3,(H,30,31)(H2,25,26,29);1H3/t22-;/m0./s1. The Kier molecular flexibility index (Phi) is 22.9. The smallest absolute Gasteiger partial charge is 0.353 e. The summed E-state index contributed by atoms with van der Waals surface area (Å²) in [5, 5.41) is 9.46. The Balaban J connectivity index is 0.0000130. The van der Waals surface area contributed by atoms with Gasteiger partial charge in [0.1, 0.15) is 12.2 Å². The Bertz CT molecular complexity index is 790. The van der Waals surface area contributed by atoms with Crippen molar-refractivity contribution in [2.75, 3.05) is 36.8 Å². The van der Waals surface area contributed by atoms with Crippen molar-refractivity contribution in [3.63, 3.8) is 0 Å². The molecule has 1 unspecified atom stereocenters. The number of ether oxygens (including phenoxy) is 1. The summed E-state index contributed by atoms with van der Waals surface area (Å²) >= 11 is 0. The Hall–Kier alpha value is -0.590. The third kappa shape index (κ3) is 20.0. The first-order valence-corrected chi connectivity index (χ1v) is 17.4. The fraction of sp³-hybridized carbons (Fsp3) is 0.833. The summed E-state index contributed by atoms with van der Waals surface area (Å²) < 4.78 is 23.8. The van der Waals surface area contributed by atoms with E-state index >= 15 is 0 Å². The van der Waals surface area contributed by atoms with Gasteiger partial charge in [0, 0.05) is 17.7 Å². The number of hydrogen-bond acceptors (Lipinski definition) is 10. The number of anilines is 1. The Morgan fingerprint density at radius 2 is 1.59 bits per heavy atom. The number of aliphatic hydroxyl groups excluding tert-OH is 1. The van der Waals surface area contributed by atoms with E-state index < -0.39 is 32.3 Å². The minimum absolute atomic E-state index is 0. The van der Waals surface area contributed by atoms with Crippen molar-refractivity contribution in [2.24, 2.45) is 0 Å². The van der Waals surface area contributed by atoms with Gasteiger partial charge in [0.15, 0.2) is 0 Å². The van der Waals surface area contributed by atoms with E-state index in [1.807, 2.05) is 0 Å². The van der Waals surface area contributed by atoms with Crippen LogP contribution in [0.3, 0.4) is 0 Å². The van der Waals surface area contributed by atoms with Crippen LogP contribution in [0.5, 0.6) is 0 Å². The lowest BCUT2D eigenvalue weighted by Gasteiger charge is -2.19. The van der Waals surface area contributed by atoms with Crippen LogP contribution >= 0.6 is 29.2 Å². The van der Waals surface area contributed by atoms with Crippen molar-refractivity contribution in [3.05, 3.63) is 22.7 Å². The first-order chi connectivity index (χ1) is 17.4. The molecule has 0 aliphatic heterocycles. The van der Waals surface area contributed by atoms with Gasteiger partial charge in [-0.05, 0) is 12.5 Å². The van der Waals surface area contributed by atoms with E-state index in [0.717, 1.165) is 5.75 Å². The average molecular weight is 585 g/mol. The van der Waals surface area contributed by atoms with Gasteiger partial charge in [-0.15, -0.1) is 0 Å². The number of nitrogens with two attached hydrogens (primary N) is 1. The van der Waals surface area contributed by atoms with Crippen molar-refractivity contribution in [3.8, 4) is 0 Å². The molecule has 0 radical (unpaired) electrons. The maximum atomic E-state index is 12.2. The number of nitrogens with zero attached hydrogens (tertiary/aromatic N) is 2. The van der Waals surface area contributed by atoms with Crippen LogP contribution in [0.15, 0.2) is 17.1 Å². The highest BCUT2D eigenvalue weighted by atomic mass is 33.1. The van der Waals surface area contributed by atoms with Gasteiger partial charge in [0.25, 0.3) is 0 Å². The molecule has 13 heteroatoms. The molecule has 0 fully saturated rings. The third-order valence-electron chi connectivity index (χ3n) is 5.60. The number of aliphatic hydroxyl groups is 1. The number of rotatable bonds is 24. The maximum Gasteiger partial charge on any atom is 0.353 e. The second-order valence-electron chi connectivity index (χ2n) is 8.89. The van der Waals surface area contributed by atoms with Crippen LogP contribution < -0.4 is 17.6 Å². The Morgan fingerprint density at radius 3 is 2.16 bits per heavy atom. The first kappa shape index (κ1) is 36.4. The summed E-state index contributed by atoms with van der Waals surface area (Å²) in [5.41, 5.74) is 4.86. The molecule has 1 rings (SSSR count). The van der Waals surface area contributed by atoms with E-state index in [-0.39, 0.29) is 25.1 Å². The lowest BCUT2D eigenvalue weighted by molar-refractivity contribution is 0.0170. The van der Waals surface area contributed by atoms with Gasteiger partial charge in [-0.3, -0.25) is 9.13 Å².